The maximum atomic E-state index is 12.2. The van der Waals surface area contributed by atoms with Gasteiger partial charge >= 0.3 is 5.97 Å². The van der Waals surface area contributed by atoms with E-state index in [0.717, 1.165) is 6.07 Å². The molecule has 1 heterocycles. The van der Waals surface area contributed by atoms with E-state index in [-0.39, 0.29) is 29.4 Å². The van der Waals surface area contributed by atoms with Gasteiger partial charge in [0.1, 0.15) is 0 Å². The summed E-state index contributed by atoms with van der Waals surface area (Å²) in [6.45, 7) is 4.16. The number of nitro groups is 1. The number of hydrogen-bond acceptors (Lipinski definition) is 7. The average Bonchev–Trinajstić information content (AvgIpc) is 2.57. The van der Waals surface area contributed by atoms with Crippen molar-refractivity contribution in [3.05, 3.63) is 33.9 Å². The van der Waals surface area contributed by atoms with Crippen LogP contribution in [0.1, 0.15) is 24.2 Å². The Morgan fingerprint density at radius 1 is 1.36 bits per heavy atom. The molecular formula is C16H21N3O6. The predicted octanol–water partition coefficient (Wildman–Crippen LogP) is 1.43. The first-order chi connectivity index (χ1) is 11.8. The molecule has 25 heavy (non-hydrogen) atoms. The molecule has 1 saturated heterocycles. The number of esters is 1. The van der Waals surface area contributed by atoms with E-state index >= 15 is 0 Å². The second-order valence-electron chi connectivity index (χ2n) is 5.87. The van der Waals surface area contributed by atoms with Crippen LogP contribution < -0.4 is 5.32 Å². The summed E-state index contributed by atoms with van der Waals surface area (Å²) in [7, 11) is 1.58. The zero-order valence-corrected chi connectivity index (χ0v) is 14.4. The van der Waals surface area contributed by atoms with E-state index in [0.29, 0.717) is 18.8 Å². The quantitative estimate of drug-likeness (QED) is 0.485. The largest absolute Gasteiger partial charge is 0.452 e. The zero-order valence-electron chi connectivity index (χ0n) is 14.4. The van der Waals surface area contributed by atoms with Crippen molar-refractivity contribution in [3.63, 3.8) is 0 Å². The van der Waals surface area contributed by atoms with E-state index in [1.165, 1.54) is 12.1 Å². The molecule has 1 fully saturated rings. The van der Waals surface area contributed by atoms with Crippen LogP contribution in [0.5, 0.6) is 0 Å². The van der Waals surface area contributed by atoms with Gasteiger partial charge in [0.05, 0.1) is 22.7 Å². The highest BCUT2D eigenvalue weighted by atomic mass is 16.6. The summed E-state index contributed by atoms with van der Waals surface area (Å²) in [4.78, 5) is 36.3. The van der Waals surface area contributed by atoms with Crippen LogP contribution in [0.3, 0.4) is 0 Å². The van der Waals surface area contributed by atoms with E-state index in [9.17, 15) is 19.7 Å². The van der Waals surface area contributed by atoms with Crippen molar-refractivity contribution in [1.82, 2.24) is 4.90 Å². The number of benzene rings is 1. The Labute approximate surface area is 145 Å². The van der Waals surface area contributed by atoms with Crippen molar-refractivity contribution in [2.45, 2.75) is 26.1 Å². The van der Waals surface area contributed by atoms with Gasteiger partial charge < -0.3 is 19.7 Å². The molecule has 1 amide bonds. The second kappa shape index (κ2) is 7.93. The third kappa shape index (κ3) is 4.66. The second-order valence-corrected chi connectivity index (χ2v) is 5.87. The number of nitrogens with one attached hydrogen (secondary N) is 1. The van der Waals surface area contributed by atoms with Gasteiger partial charge in [-0.3, -0.25) is 14.9 Å². The van der Waals surface area contributed by atoms with E-state index in [1.54, 1.807) is 11.9 Å². The summed E-state index contributed by atoms with van der Waals surface area (Å²) in [5.41, 5.74) is 0.165. The smallest absolute Gasteiger partial charge is 0.341 e. The number of carbonyl (C=O) groups excluding carboxylic acids is 2. The lowest BCUT2D eigenvalue weighted by atomic mass is 10.1. The van der Waals surface area contributed by atoms with Gasteiger partial charge in [0, 0.05) is 38.0 Å². The highest BCUT2D eigenvalue weighted by Crippen LogP contribution is 2.22. The summed E-state index contributed by atoms with van der Waals surface area (Å²) in [5, 5.41) is 13.6. The Morgan fingerprint density at radius 2 is 2.00 bits per heavy atom. The zero-order chi connectivity index (χ0) is 18.6. The van der Waals surface area contributed by atoms with Crippen LogP contribution in [0, 0.1) is 10.1 Å². The number of amides is 1. The summed E-state index contributed by atoms with van der Waals surface area (Å²) >= 11 is 0. The van der Waals surface area contributed by atoms with Crippen LogP contribution >= 0.6 is 0 Å². The molecule has 2 atom stereocenters. The Hall–Kier alpha value is -2.68. The van der Waals surface area contributed by atoms with E-state index in [4.69, 9.17) is 9.47 Å². The van der Waals surface area contributed by atoms with Gasteiger partial charge in [0.2, 0.25) is 0 Å². The molecule has 1 aromatic rings. The first-order valence-corrected chi connectivity index (χ1v) is 7.88. The number of anilines is 1. The lowest BCUT2D eigenvalue weighted by Crippen LogP contribution is -2.49. The summed E-state index contributed by atoms with van der Waals surface area (Å²) < 4.78 is 10.6. The third-order valence-electron chi connectivity index (χ3n) is 3.80. The number of ether oxygens (including phenoxy) is 2. The van der Waals surface area contributed by atoms with E-state index in [1.807, 2.05) is 13.8 Å². The fourth-order valence-electron chi connectivity index (χ4n) is 2.71. The molecule has 136 valence electrons. The number of carbonyl (C=O) groups is 2. The summed E-state index contributed by atoms with van der Waals surface area (Å²) in [5.74, 6) is -1.12. The van der Waals surface area contributed by atoms with Crippen molar-refractivity contribution in [2.75, 3.05) is 32.1 Å². The molecule has 0 radical (unpaired) electrons. The standard InChI is InChI=1S/C16H21N3O6/c1-10-7-18(8-11(2)25-10)15(20)9-24-16(21)13-6-12(19(22)23)4-5-14(13)17-3/h4-6,10-11,17H,7-9H2,1-3H3/t10-,11-/m0/s1. The summed E-state index contributed by atoms with van der Waals surface area (Å²) in [6, 6.07) is 3.82. The SMILES string of the molecule is CNc1ccc([N+](=O)[O-])cc1C(=O)OCC(=O)N1C[C@H](C)O[C@@H](C)C1. The first-order valence-electron chi connectivity index (χ1n) is 7.88. The van der Waals surface area contributed by atoms with Crippen molar-refractivity contribution in [3.8, 4) is 0 Å². The topological polar surface area (TPSA) is 111 Å². The number of non-ortho nitro benzene ring substituents is 1. The number of morpholine rings is 1. The Morgan fingerprint density at radius 3 is 2.56 bits per heavy atom. The average molecular weight is 351 g/mol. The molecule has 9 nitrogen and oxygen atoms in total. The molecule has 1 aromatic carbocycles. The third-order valence-corrected chi connectivity index (χ3v) is 3.80. The molecule has 1 aliphatic rings. The van der Waals surface area contributed by atoms with Gasteiger partial charge in [0.25, 0.3) is 11.6 Å². The minimum atomic E-state index is -0.796. The molecule has 1 N–H and O–H groups in total. The van der Waals surface area contributed by atoms with Crippen molar-refractivity contribution in [1.29, 1.82) is 0 Å². The molecule has 0 saturated carbocycles. The molecule has 0 unspecified atom stereocenters. The van der Waals surface area contributed by atoms with E-state index in [2.05, 4.69) is 5.32 Å². The van der Waals surface area contributed by atoms with Crippen LogP contribution in [-0.2, 0) is 14.3 Å². The molecular weight excluding hydrogens is 330 g/mol. The Balaban J connectivity index is 2.03. The molecule has 0 aromatic heterocycles. The predicted molar refractivity (Wildman–Crippen MR) is 89.5 cm³/mol. The van der Waals surface area contributed by atoms with Crippen LogP contribution in [0.25, 0.3) is 0 Å². The van der Waals surface area contributed by atoms with Gasteiger partial charge in [0.15, 0.2) is 6.61 Å². The molecule has 9 heteroatoms. The number of nitrogens with zero attached hydrogens (tertiary/aromatic N) is 2. The highest BCUT2D eigenvalue weighted by molar-refractivity contribution is 5.97. The first kappa shape index (κ1) is 18.7. The van der Waals surface area contributed by atoms with Crippen molar-refractivity contribution >= 4 is 23.3 Å². The molecule has 2 rings (SSSR count). The lowest BCUT2D eigenvalue weighted by Gasteiger charge is -2.35. The van der Waals surface area contributed by atoms with Crippen molar-refractivity contribution < 1.29 is 24.0 Å². The van der Waals surface area contributed by atoms with Crippen molar-refractivity contribution in [2.24, 2.45) is 0 Å². The molecule has 0 spiro atoms. The summed E-state index contributed by atoms with van der Waals surface area (Å²) in [6.07, 6.45) is -0.174. The van der Waals surface area contributed by atoms with Crippen LogP contribution in [0.4, 0.5) is 11.4 Å². The van der Waals surface area contributed by atoms with Gasteiger partial charge in [-0.15, -0.1) is 0 Å². The van der Waals surface area contributed by atoms with Gasteiger partial charge in [-0.05, 0) is 19.9 Å². The Kier molecular flexibility index (Phi) is 5.92. The lowest BCUT2D eigenvalue weighted by molar-refractivity contribution is -0.384. The van der Waals surface area contributed by atoms with E-state index < -0.39 is 17.5 Å². The van der Waals surface area contributed by atoms with Gasteiger partial charge in [-0.1, -0.05) is 0 Å². The highest BCUT2D eigenvalue weighted by Gasteiger charge is 2.27. The number of nitro benzene ring substituents is 1. The maximum absolute atomic E-state index is 12.2. The fourth-order valence-corrected chi connectivity index (χ4v) is 2.71. The maximum Gasteiger partial charge on any atom is 0.341 e. The van der Waals surface area contributed by atoms with Gasteiger partial charge in [-0.25, -0.2) is 4.79 Å². The molecule has 1 aliphatic heterocycles. The number of hydrogen-bond donors (Lipinski definition) is 1. The minimum absolute atomic E-state index is 0.00761. The molecule has 0 bridgehead atoms. The Bertz CT molecular complexity index is 668. The van der Waals surface area contributed by atoms with Crippen LogP contribution in [0.15, 0.2) is 18.2 Å². The number of rotatable bonds is 5. The minimum Gasteiger partial charge on any atom is -0.452 e. The van der Waals surface area contributed by atoms with Crippen LogP contribution in [-0.4, -0.2) is 60.7 Å². The van der Waals surface area contributed by atoms with Crippen LogP contribution in [0.2, 0.25) is 0 Å². The monoisotopic (exact) mass is 351 g/mol. The van der Waals surface area contributed by atoms with Gasteiger partial charge in [-0.2, -0.15) is 0 Å². The molecule has 0 aliphatic carbocycles. The fraction of sp³-hybridized carbons (Fsp3) is 0.500. The normalized spacial score (nSPS) is 20.0.